The summed E-state index contributed by atoms with van der Waals surface area (Å²) in [7, 11) is 0. The molecule has 0 saturated heterocycles. The smallest absolute Gasteiger partial charge is 0.338 e. The molecule has 0 bridgehead atoms. The maximum atomic E-state index is 12.5. The van der Waals surface area contributed by atoms with Gasteiger partial charge in [-0.05, 0) is 42.7 Å². The molecule has 0 aliphatic heterocycles. The molecule has 0 fully saturated rings. The van der Waals surface area contributed by atoms with Crippen LogP contribution in [0.2, 0.25) is 0 Å². The quantitative estimate of drug-likeness (QED) is 0.556. The minimum absolute atomic E-state index is 0.0491. The number of ether oxygens (including phenoxy) is 1. The molecule has 0 saturated carbocycles. The van der Waals surface area contributed by atoms with Gasteiger partial charge in [0.15, 0.2) is 0 Å². The van der Waals surface area contributed by atoms with Crippen LogP contribution < -0.4 is 5.32 Å². The third-order valence-corrected chi connectivity index (χ3v) is 4.05. The van der Waals surface area contributed by atoms with Gasteiger partial charge in [0, 0.05) is 5.69 Å². The van der Waals surface area contributed by atoms with E-state index in [0.717, 1.165) is 24.8 Å². The number of hydrogen-bond donors (Lipinski definition) is 1. The summed E-state index contributed by atoms with van der Waals surface area (Å²) in [4.78, 5) is 24.4. The van der Waals surface area contributed by atoms with Gasteiger partial charge in [0.1, 0.15) is 0 Å². The summed E-state index contributed by atoms with van der Waals surface area (Å²) in [6.07, 6.45) is 2.56. The van der Waals surface area contributed by atoms with Gasteiger partial charge in [-0.25, -0.2) is 4.79 Å². The van der Waals surface area contributed by atoms with Gasteiger partial charge in [0.2, 0.25) is 5.91 Å². The number of unbranched alkanes of at least 4 members (excludes halogenated alkanes) is 1. The Bertz CT molecular complexity index is 680. The molecule has 4 heteroatoms. The van der Waals surface area contributed by atoms with Gasteiger partial charge in [0.25, 0.3) is 0 Å². The zero-order valence-corrected chi connectivity index (χ0v) is 14.8. The number of benzene rings is 2. The van der Waals surface area contributed by atoms with E-state index in [9.17, 15) is 9.59 Å². The lowest BCUT2D eigenvalue weighted by atomic mass is 9.95. The van der Waals surface area contributed by atoms with Crippen molar-refractivity contribution in [1.82, 2.24) is 0 Å². The van der Waals surface area contributed by atoms with E-state index < -0.39 is 0 Å². The Balaban J connectivity index is 1.98. The molecule has 1 N–H and O–H groups in total. The first-order chi connectivity index (χ1) is 12.2. The highest BCUT2D eigenvalue weighted by Crippen LogP contribution is 2.21. The highest BCUT2D eigenvalue weighted by molar-refractivity contribution is 5.96. The minimum Gasteiger partial charge on any atom is -0.462 e. The first kappa shape index (κ1) is 18.7. The summed E-state index contributed by atoms with van der Waals surface area (Å²) in [5.41, 5.74) is 2.16. The lowest BCUT2D eigenvalue weighted by Gasteiger charge is -2.15. The van der Waals surface area contributed by atoms with Gasteiger partial charge >= 0.3 is 5.97 Å². The molecule has 0 radical (unpaired) electrons. The number of esters is 1. The molecule has 132 valence electrons. The summed E-state index contributed by atoms with van der Waals surface area (Å²) in [5.74, 6) is -0.575. The second-order valence-corrected chi connectivity index (χ2v) is 5.93. The van der Waals surface area contributed by atoms with Crippen LogP contribution >= 0.6 is 0 Å². The van der Waals surface area contributed by atoms with Crippen molar-refractivity contribution in [1.29, 1.82) is 0 Å². The molecule has 0 unspecified atom stereocenters. The molecule has 2 aromatic carbocycles. The Morgan fingerprint density at radius 3 is 2.28 bits per heavy atom. The second kappa shape index (κ2) is 9.62. The van der Waals surface area contributed by atoms with Crippen LogP contribution in [0.3, 0.4) is 0 Å². The molecule has 0 aliphatic carbocycles. The van der Waals surface area contributed by atoms with Gasteiger partial charge in [-0.15, -0.1) is 0 Å². The zero-order chi connectivity index (χ0) is 18.1. The normalized spacial score (nSPS) is 11.6. The molecule has 0 aliphatic rings. The van der Waals surface area contributed by atoms with Gasteiger partial charge < -0.3 is 10.1 Å². The largest absolute Gasteiger partial charge is 0.462 e. The van der Waals surface area contributed by atoms with Crippen molar-refractivity contribution in [3.63, 3.8) is 0 Å². The standard InChI is InChI=1S/C21H25NO3/c1-3-5-15-25-21(24)17-11-13-18(14-12-17)22-20(23)19(4-2)16-9-7-6-8-10-16/h6-14,19H,3-5,15H2,1-2H3,(H,22,23)/t19-/m1/s1. The van der Waals surface area contributed by atoms with Gasteiger partial charge in [-0.3, -0.25) is 4.79 Å². The van der Waals surface area contributed by atoms with Crippen LogP contribution in [0.25, 0.3) is 0 Å². The van der Waals surface area contributed by atoms with Crippen LogP contribution in [-0.4, -0.2) is 18.5 Å². The molecule has 1 amide bonds. The minimum atomic E-state index is -0.331. The Morgan fingerprint density at radius 1 is 1.00 bits per heavy atom. The monoisotopic (exact) mass is 339 g/mol. The Morgan fingerprint density at radius 2 is 1.68 bits per heavy atom. The molecule has 1 atom stereocenters. The maximum Gasteiger partial charge on any atom is 0.338 e. The van der Waals surface area contributed by atoms with Crippen molar-refractivity contribution in [3.8, 4) is 0 Å². The number of rotatable bonds is 8. The summed E-state index contributed by atoms with van der Waals surface area (Å²) in [6, 6.07) is 16.5. The summed E-state index contributed by atoms with van der Waals surface area (Å²) in [6.45, 7) is 4.47. The Hall–Kier alpha value is -2.62. The molecule has 25 heavy (non-hydrogen) atoms. The predicted molar refractivity (Wildman–Crippen MR) is 99.7 cm³/mol. The van der Waals surface area contributed by atoms with Crippen LogP contribution in [0.4, 0.5) is 5.69 Å². The van der Waals surface area contributed by atoms with Gasteiger partial charge in [-0.2, -0.15) is 0 Å². The highest BCUT2D eigenvalue weighted by atomic mass is 16.5. The van der Waals surface area contributed by atoms with Crippen molar-refractivity contribution in [2.75, 3.05) is 11.9 Å². The van der Waals surface area contributed by atoms with Crippen molar-refractivity contribution < 1.29 is 14.3 Å². The number of anilines is 1. The zero-order valence-electron chi connectivity index (χ0n) is 14.8. The van der Waals surface area contributed by atoms with Crippen LogP contribution in [0.5, 0.6) is 0 Å². The van der Waals surface area contributed by atoms with Crippen molar-refractivity contribution in [2.45, 2.75) is 39.0 Å². The molecule has 2 rings (SSSR count). The first-order valence-electron chi connectivity index (χ1n) is 8.78. The molecule has 4 nitrogen and oxygen atoms in total. The predicted octanol–water partition coefficient (Wildman–Crippen LogP) is 4.78. The van der Waals surface area contributed by atoms with E-state index >= 15 is 0 Å². The van der Waals surface area contributed by atoms with E-state index in [4.69, 9.17) is 4.74 Å². The fourth-order valence-electron chi connectivity index (χ4n) is 2.57. The fraction of sp³-hybridized carbons (Fsp3) is 0.333. The number of carbonyl (C=O) groups is 2. The fourth-order valence-corrected chi connectivity index (χ4v) is 2.57. The Kier molecular flexibility index (Phi) is 7.20. The highest BCUT2D eigenvalue weighted by Gasteiger charge is 2.18. The van der Waals surface area contributed by atoms with Crippen molar-refractivity contribution >= 4 is 17.6 Å². The summed E-state index contributed by atoms with van der Waals surface area (Å²) < 4.78 is 5.18. The van der Waals surface area contributed by atoms with Crippen LogP contribution in [0.15, 0.2) is 54.6 Å². The first-order valence-corrected chi connectivity index (χ1v) is 8.78. The van der Waals surface area contributed by atoms with E-state index in [-0.39, 0.29) is 17.8 Å². The van der Waals surface area contributed by atoms with E-state index in [1.54, 1.807) is 24.3 Å². The van der Waals surface area contributed by atoms with E-state index in [1.807, 2.05) is 44.2 Å². The van der Waals surface area contributed by atoms with Crippen LogP contribution in [0, 0.1) is 0 Å². The SMILES string of the molecule is CCCCOC(=O)c1ccc(NC(=O)[C@H](CC)c2ccccc2)cc1. The maximum absolute atomic E-state index is 12.5. The summed E-state index contributed by atoms with van der Waals surface area (Å²) >= 11 is 0. The number of amides is 1. The van der Waals surface area contributed by atoms with E-state index in [1.165, 1.54) is 0 Å². The summed E-state index contributed by atoms with van der Waals surface area (Å²) in [5, 5.41) is 2.92. The molecule has 2 aromatic rings. The Labute approximate surface area is 149 Å². The molecule has 0 aromatic heterocycles. The topological polar surface area (TPSA) is 55.4 Å². The molecule has 0 heterocycles. The third kappa shape index (κ3) is 5.45. The second-order valence-electron chi connectivity index (χ2n) is 5.93. The lowest BCUT2D eigenvalue weighted by molar-refractivity contribution is -0.117. The molecular formula is C21H25NO3. The molecular weight excluding hydrogens is 314 g/mol. The number of carbonyl (C=O) groups excluding carboxylic acids is 2. The lowest BCUT2D eigenvalue weighted by Crippen LogP contribution is -2.20. The number of nitrogens with one attached hydrogen (secondary N) is 1. The average molecular weight is 339 g/mol. The van der Waals surface area contributed by atoms with Gasteiger partial charge in [0.05, 0.1) is 18.1 Å². The van der Waals surface area contributed by atoms with Crippen LogP contribution in [0.1, 0.15) is 54.9 Å². The third-order valence-electron chi connectivity index (χ3n) is 4.05. The van der Waals surface area contributed by atoms with E-state index in [2.05, 4.69) is 5.32 Å². The number of hydrogen-bond acceptors (Lipinski definition) is 3. The van der Waals surface area contributed by atoms with E-state index in [0.29, 0.717) is 17.9 Å². The average Bonchev–Trinajstić information content (AvgIpc) is 2.64. The van der Waals surface area contributed by atoms with Gasteiger partial charge in [-0.1, -0.05) is 50.6 Å². The molecule has 0 spiro atoms. The van der Waals surface area contributed by atoms with Crippen LogP contribution in [-0.2, 0) is 9.53 Å². The van der Waals surface area contributed by atoms with Crippen molar-refractivity contribution in [2.24, 2.45) is 0 Å². The van der Waals surface area contributed by atoms with Crippen molar-refractivity contribution in [3.05, 3.63) is 65.7 Å².